The van der Waals surface area contributed by atoms with Crippen LogP contribution < -0.4 is 15.2 Å². The molecule has 0 saturated carbocycles. The van der Waals surface area contributed by atoms with Gasteiger partial charge >= 0.3 is 0 Å². The van der Waals surface area contributed by atoms with Gasteiger partial charge in [0, 0.05) is 12.6 Å². The third-order valence-electron chi connectivity index (χ3n) is 1.73. The average molecular weight is 228 g/mol. The summed E-state index contributed by atoms with van der Waals surface area (Å²) in [5.74, 6) is -0.190. The van der Waals surface area contributed by atoms with Gasteiger partial charge in [0.2, 0.25) is 0 Å². The molecule has 0 aliphatic heterocycles. The Hall–Kier alpha value is -1.60. The number of amidine groups is 1. The Kier molecular flexibility index (Phi) is 3.28. The molecule has 15 heavy (non-hydrogen) atoms. The number of para-hydroxylation sites is 1. The first-order chi connectivity index (χ1) is 6.96. The van der Waals surface area contributed by atoms with Crippen LogP contribution in [0, 0.1) is 5.41 Å². The second kappa shape index (κ2) is 4.28. The van der Waals surface area contributed by atoms with E-state index >= 15 is 0 Å². The molecule has 5 N–H and O–H groups in total. The lowest BCUT2D eigenvalue weighted by molar-refractivity contribution is 0.593. The number of anilines is 1. The summed E-state index contributed by atoms with van der Waals surface area (Å²) in [5.41, 5.74) is 5.92. The Morgan fingerprint density at radius 3 is 2.53 bits per heavy atom. The van der Waals surface area contributed by atoms with Crippen LogP contribution >= 0.6 is 0 Å². The number of nitrogen functional groups attached to an aromatic ring is 1. The van der Waals surface area contributed by atoms with Crippen molar-refractivity contribution in [3.8, 4) is 0 Å². The number of benzene rings is 1. The van der Waals surface area contributed by atoms with Gasteiger partial charge in [-0.1, -0.05) is 12.1 Å². The third-order valence-corrected chi connectivity index (χ3v) is 2.76. The van der Waals surface area contributed by atoms with Crippen LogP contribution in [0.25, 0.3) is 0 Å². The lowest BCUT2D eigenvalue weighted by Crippen LogP contribution is -2.27. The molecule has 82 valence electrons. The molecule has 0 bridgehead atoms. The number of rotatable bonds is 4. The maximum Gasteiger partial charge on any atom is 0.298 e. The van der Waals surface area contributed by atoms with Crippen molar-refractivity contribution in [3.63, 3.8) is 0 Å². The Bertz CT molecular complexity index is 469. The Balaban J connectivity index is 3.10. The van der Waals surface area contributed by atoms with Crippen molar-refractivity contribution >= 4 is 21.7 Å². The van der Waals surface area contributed by atoms with E-state index in [9.17, 15) is 8.42 Å². The average Bonchev–Trinajstić information content (AvgIpc) is 2.18. The van der Waals surface area contributed by atoms with Crippen molar-refractivity contribution in [2.24, 2.45) is 5.73 Å². The standard InChI is InChI=1S/C8H12N4O2S/c1-11-15(13,14)12-7-5-3-2-4-6(7)8(9)10/h2-5,11-12H,1H3,(H3,9,10). The summed E-state index contributed by atoms with van der Waals surface area (Å²) >= 11 is 0. The fourth-order valence-electron chi connectivity index (χ4n) is 1.00. The van der Waals surface area contributed by atoms with Crippen molar-refractivity contribution in [1.82, 2.24) is 4.72 Å². The summed E-state index contributed by atoms with van der Waals surface area (Å²) in [7, 11) is -2.29. The van der Waals surface area contributed by atoms with E-state index < -0.39 is 10.2 Å². The molecule has 0 heterocycles. The molecule has 1 aromatic carbocycles. The van der Waals surface area contributed by atoms with Crippen molar-refractivity contribution in [2.45, 2.75) is 0 Å². The van der Waals surface area contributed by atoms with Gasteiger partial charge in [0.15, 0.2) is 0 Å². The zero-order valence-electron chi connectivity index (χ0n) is 8.11. The molecule has 0 aliphatic carbocycles. The minimum Gasteiger partial charge on any atom is -0.384 e. The molecule has 0 radical (unpaired) electrons. The summed E-state index contributed by atoms with van der Waals surface area (Å²) < 4.78 is 26.8. The maximum atomic E-state index is 11.2. The van der Waals surface area contributed by atoms with Crippen LogP contribution in [0.1, 0.15) is 5.56 Å². The van der Waals surface area contributed by atoms with Crippen LogP contribution in [-0.4, -0.2) is 21.3 Å². The summed E-state index contributed by atoms with van der Waals surface area (Å²) in [4.78, 5) is 0. The SMILES string of the molecule is CNS(=O)(=O)Nc1ccccc1C(=N)N. The highest BCUT2D eigenvalue weighted by atomic mass is 32.2. The van der Waals surface area contributed by atoms with Gasteiger partial charge in [0.25, 0.3) is 10.2 Å². The van der Waals surface area contributed by atoms with Gasteiger partial charge in [-0.25, -0.2) is 4.72 Å². The highest BCUT2D eigenvalue weighted by Crippen LogP contribution is 2.14. The molecular formula is C8H12N4O2S. The fraction of sp³-hybridized carbons (Fsp3) is 0.125. The molecule has 7 heteroatoms. The molecule has 0 fully saturated rings. The predicted molar refractivity (Wildman–Crippen MR) is 59.1 cm³/mol. The largest absolute Gasteiger partial charge is 0.384 e. The minimum absolute atomic E-state index is 0.190. The zero-order chi connectivity index (χ0) is 11.5. The predicted octanol–water partition coefficient (Wildman–Crippen LogP) is -0.153. The van der Waals surface area contributed by atoms with Gasteiger partial charge in [0.05, 0.1) is 5.69 Å². The molecule has 0 spiro atoms. The molecule has 0 unspecified atom stereocenters. The maximum absolute atomic E-state index is 11.2. The van der Waals surface area contributed by atoms with Gasteiger partial charge in [-0.15, -0.1) is 0 Å². The summed E-state index contributed by atoms with van der Waals surface area (Å²) in [6.45, 7) is 0. The van der Waals surface area contributed by atoms with Gasteiger partial charge < -0.3 is 5.73 Å². The minimum atomic E-state index is -3.58. The van der Waals surface area contributed by atoms with Crippen molar-refractivity contribution in [3.05, 3.63) is 29.8 Å². The van der Waals surface area contributed by atoms with Crippen LogP contribution in [0.2, 0.25) is 0 Å². The summed E-state index contributed by atoms with van der Waals surface area (Å²) in [6, 6.07) is 6.43. The Labute approximate surface area is 88.2 Å². The van der Waals surface area contributed by atoms with E-state index in [2.05, 4.69) is 9.44 Å². The quantitative estimate of drug-likeness (QED) is 0.425. The van der Waals surface area contributed by atoms with E-state index in [1.165, 1.54) is 13.1 Å². The summed E-state index contributed by atoms with van der Waals surface area (Å²) in [5, 5.41) is 7.26. The second-order valence-corrected chi connectivity index (χ2v) is 4.39. The zero-order valence-corrected chi connectivity index (χ0v) is 8.93. The Morgan fingerprint density at radius 1 is 1.40 bits per heavy atom. The molecule has 6 nitrogen and oxygen atoms in total. The highest BCUT2D eigenvalue weighted by molar-refractivity contribution is 7.90. The molecule has 0 aliphatic rings. The van der Waals surface area contributed by atoms with Crippen molar-refractivity contribution in [1.29, 1.82) is 5.41 Å². The number of hydrogen-bond donors (Lipinski definition) is 4. The van der Waals surface area contributed by atoms with Crippen molar-refractivity contribution in [2.75, 3.05) is 11.8 Å². The van der Waals surface area contributed by atoms with Gasteiger partial charge in [0.1, 0.15) is 5.84 Å². The fourth-order valence-corrected chi connectivity index (χ4v) is 1.57. The highest BCUT2D eigenvalue weighted by Gasteiger charge is 2.10. The van der Waals surface area contributed by atoms with E-state index in [1.54, 1.807) is 18.2 Å². The van der Waals surface area contributed by atoms with Crippen LogP contribution in [-0.2, 0) is 10.2 Å². The van der Waals surface area contributed by atoms with Crippen LogP contribution in [0.5, 0.6) is 0 Å². The lowest BCUT2D eigenvalue weighted by Gasteiger charge is -2.10. The molecule has 0 aromatic heterocycles. The van der Waals surface area contributed by atoms with Gasteiger partial charge in [-0.05, 0) is 12.1 Å². The molecule has 1 rings (SSSR count). The van der Waals surface area contributed by atoms with Crippen LogP contribution in [0.3, 0.4) is 0 Å². The van der Waals surface area contributed by atoms with Gasteiger partial charge in [-0.2, -0.15) is 8.42 Å². The molecule has 0 amide bonds. The Morgan fingerprint density at radius 2 is 2.00 bits per heavy atom. The first kappa shape index (κ1) is 11.5. The molecule has 1 aromatic rings. The monoisotopic (exact) mass is 228 g/mol. The number of nitrogens with two attached hydrogens (primary N) is 1. The van der Waals surface area contributed by atoms with Crippen molar-refractivity contribution < 1.29 is 8.42 Å². The molecular weight excluding hydrogens is 216 g/mol. The lowest BCUT2D eigenvalue weighted by atomic mass is 10.2. The van der Waals surface area contributed by atoms with Crippen LogP contribution in [0.4, 0.5) is 5.69 Å². The van der Waals surface area contributed by atoms with E-state index in [-0.39, 0.29) is 11.5 Å². The smallest absolute Gasteiger partial charge is 0.298 e. The first-order valence-electron chi connectivity index (χ1n) is 4.11. The topological polar surface area (TPSA) is 108 Å². The van der Waals surface area contributed by atoms with Gasteiger partial charge in [-0.3, -0.25) is 10.1 Å². The van der Waals surface area contributed by atoms with E-state index in [0.717, 1.165) is 0 Å². The summed E-state index contributed by atoms with van der Waals surface area (Å²) in [6.07, 6.45) is 0. The molecule has 0 atom stereocenters. The van der Waals surface area contributed by atoms with Crippen LogP contribution in [0.15, 0.2) is 24.3 Å². The van der Waals surface area contributed by atoms with E-state index in [1.807, 2.05) is 0 Å². The third kappa shape index (κ3) is 2.93. The number of nitrogens with one attached hydrogen (secondary N) is 3. The van der Waals surface area contributed by atoms with E-state index in [4.69, 9.17) is 11.1 Å². The van der Waals surface area contributed by atoms with E-state index in [0.29, 0.717) is 5.56 Å². The molecule has 0 saturated heterocycles. The second-order valence-electron chi connectivity index (χ2n) is 2.77. The first-order valence-corrected chi connectivity index (χ1v) is 5.59. The number of hydrogen-bond acceptors (Lipinski definition) is 3. The normalized spacial score (nSPS) is 11.0.